The van der Waals surface area contributed by atoms with Crippen molar-refractivity contribution in [3.05, 3.63) is 103 Å². The number of halogens is 2. The van der Waals surface area contributed by atoms with E-state index >= 15 is 0 Å². The maximum atomic E-state index is 12.8. The number of benzene rings is 3. The average Bonchev–Trinajstić information content (AvgIpc) is 2.69. The van der Waals surface area contributed by atoms with Gasteiger partial charge in [-0.1, -0.05) is 41.9 Å². The lowest BCUT2D eigenvalue weighted by atomic mass is 10.0. The van der Waals surface area contributed by atoms with Gasteiger partial charge in [-0.25, -0.2) is 0 Å². The quantitative estimate of drug-likeness (QED) is 0.310. The molecule has 0 saturated heterocycles. The van der Waals surface area contributed by atoms with Crippen LogP contribution < -0.4 is 5.32 Å². The van der Waals surface area contributed by atoms with E-state index in [2.05, 4.69) is 21.2 Å². The Hall–Kier alpha value is -3.03. The summed E-state index contributed by atoms with van der Waals surface area (Å²) in [5.41, 5.74) is 0.763. The second kappa shape index (κ2) is 8.33. The number of nitrogens with one attached hydrogen (secondary N) is 1. The zero-order chi connectivity index (χ0) is 20.3. The Morgan fingerprint density at radius 2 is 1.68 bits per heavy atom. The van der Waals surface area contributed by atoms with Crippen LogP contribution in [0.3, 0.4) is 0 Å². The fourth-order valence-corrected chi connectivity index (χ4v) is 3.15. The number of rotatable bonds is 5. The van der Waals surface area contributed by atoms with Gasteiger partial charge in [0.25, 0.3) is 11.6 Å². The summed E-state index contributed by atoms with van der Waals surface area (Å²) in [6.07, 6.45) is 0. The highest BCUT2D eigenvalue weighted by molar-refractivity contribution is 9.10. The molecule has 0 bridgehead atoms. The molecular weight excluding hydrogens is 448 g/mol. The normalized spacial score (nSPS) is 10.4. The van der Waals surface area contributed by atoms with Crippen LogP contribution in [0.15, 0.2) is 71.2 Å². The smallest absolute Gasteiger partial charge is 0.270 e. The minimum absolute atomic E-state index is 0.0715. The minimum Gasteiger partial charge on any atom is -0.321 e. The van der Waals surface area contributed by atoms with Crippen LogP contribution in [0, 0.1) is 10.1 Å². The van der Waals surface area contributed by atoms with Gasteiger partial charge in [0.1, 0.15) is 0 Å². The van der Waals surface area contributed by atoms with Crippen molar-refractivity contribution in [2.45, 2.75) is 0 Å². The van der Waals surface area contributed by atoms with E-state index in [9.17, 15) is 19.7 Å². The Bertz CT molecular complexity index is 1090. The molecule has 0 aliphatic carbocycles. The van der Waals surface area contributed by atoms with Crippen LogP contribution in [-0.4, -0.2) is 16.6 Å². The van der Waals surface area contributed by atoms with Crippen LogP contribution in [-0.2, 0) is 0 Å². The third kappa shape index (κ3) is 4.27. The molecule has 3 aromatic carbocycles. The molecule has 0 aromatic heterocycles. The van der Waals surface area contributed by atoms with Crippen LogP contribution in [0.1, 0.15) is 26.3 Å². The van der Waals surface area contributed by atoms with Crippen molar-refractivity contribution in [3.63, 3.8) is 0 Å². The Kier molecular flexibility index (Phi) is 5.87. The molecule has 1 amide bonds. The van der Waals surface area contributed by atoms with Gasteiger partial charge in [-0.2, -0.15) is 0 Å². The van der Waals surface area contributed by atoms with Crippen molar-refractivity contribution < 1.29 is 14.5 Å². The van der Waals surface area contributed by atoms with Crippen LogP contribution in [0.25, 0.3) is 0 Å². The molecule has 3 aromatic rings. The monoisotopic (exact) mass is 458 g/mol. The summed E-state index contributed by atoms with van der Waals surface area (Å²) in [4.78, 5) is 35.9. The van der Waals surface area contributed by atoms with Crippen LogP contribution in [0.5, 0.6) is 0 Å². The second-order valence-electron chi connectivity index (χ2n) is 5.76. The molecule has 3 rings (SSSR count). The van der Waals surface area contributed by atoms with Crippen LogP contribution in [0.2, 0.25) is 5.02 Å². The molecule has 0 saturated carbocycles. The maximum absolute atomic E-state index is 12.8. The van der Waals surface area contributed by atoms with Gasteiger partial charge in [-0.3, -0.25) is 19.7 Å². The van der Waals surface area contributed by atoms with E-state index in [1.807, 2.05) is 0 Å². The number of hydrogen-bond acceptors (Lipinski definition) is 4. The molecule has 0 aliphatic heterocycles. The molecule has 0 spiro atoms. The Morgan fingerprint density at radius 3 is 2.36 bits per heavy atom. The third-order valence-electron chi connectivity index (χ3n) is 3.92. The third-order valence-corrected chi connectivity index (χ3v) is 4.84. The summed E-state index contributed by atoms with van der Waals surface area (Å²) in [6, 6.07) is 17.0. The molecule has 6 nitrogen and oxygen atoms in total. The van der Waals surface area contributed by atoms with E-state index in [1.54, 1.807) is 36.4 Å². The van der Waals surface area contributed by atoms with E-state index < -0.39 is 10.8 Å². The van der Waals surface area contributed by atoms with Gasteiger partial charge >= 0.3 is 0 Å². The predicted molar refractivity (Wildman–Crippen MR) is 110 cm³/mol. The number of carbonyl (C=O) groups is 2. The molecule has 0 atom stereocenters. The molecule has 0 aliphatic rings. The lowest BCUT2D eigenvalue weighted by Gasteiger charge is -2.12. The van der Waals surface area contributed by atoms with E-state index in [0.29, 0.717) is 15.1 Å². The van der Waals surface area contributed by atoms with Gasteiger partial charge < -0.3 is 5.32 Å². The first-order valence-electron chi connectivity index (χ1n) is 8.01. The molecule has 28 heavy (non-hydrogen) atoms. The van der Waals surface area contributed by atoms with Gasteiger partial charge in [0.15, 0.2) is 5.78 Å². The van der Waals surface area contributed by atoms with E-state index in [4.69, 9.17) is 11.6 Å². The molecule has 0 fully saturated rings. The van der Waals surface area contributed by atoms with Gasteiger partial charge in [0.2, 0.25) is 0 Å². The number of anilines is 1. The number of hydrogen-bond donors (Lipinski definition) is 1. The molecule has 0 heterocycles. The first-order chi connectivity index (χ1) is 13.4. The molecule has 0 radical (unpaired) electrons. The average molecular weight is 460 g/mol. The standard InChI is InChI=1S/C20H12BrClN2O4/c21-17-8-7-14(24(27)28)11-15(17)20(26)23-18-9-6-13(22)10-16(18)19(25)12-4-2-1-3-5-12/h1-11H,(H,23,26). The lowest BCUT2D eigenvalue weighted by Crippen LogP contribution is -2.16. The van der Waals surface area contributed by atoms with E-state index in [-0.39, 0.29) is 28.3 Å². The summed E-state index contributed by atoms with van der Waals surface area (Å²) in [5.74, 6) is -0.906. The zero-order valence-corrected chi connectivity index (χ0v) is 16.5. The summed E-state index contributed by atoms with van der Waals surface area (Å²) >= 11 is 9.25. The molecule has 0 unspecified atom stereocenters. The van der Waals surface area contributed by atoms with Crippen molar-refractivity contribution >= 4 is 50.6 Å². The molecule has 8 heteroatoms. The number of nitro groups is 1. The SMILES string of the molecule is O=C(Nc1ccc(Cl)cc1C(=O)c1ccccc1)c1cc([N+](=O)[O-])ccc1Br. The number of ketones is 1. The Morgan fingerprint density at radius 1 is 0.964 bits per heavy atom. The first kappa shape index (κ1) is 19.7. The van der Waals surface area contributed by atoms with Crippen LogP contribution in [0.4, 0.5) is 11.4 Å². The highest BCUT2D eigenvalue weighted by atomic mass is 79.9. The number of nitrogens with zero attached hydrogens (tertiary/aromatic N) is 1. The molecular formula is C20H12BrClN2O4. The Balaban J connectivity index is 1.97. The zero-order valence-electron chi connectivity index (χ0n) is 14.2. The second-order valence-corrected chi connectivity index (χ2v) is 7.05. The minimum atomic E-state index is -0.597. The summed E-state index contributed by atoms with van der Waals surface area (Å²) in [6.45, 7) is 0. The number of amides is 1. The van der Waals surface area contributed by atoms with Crippen LogP contribution >= 0.6 is 27.5 Å². The highest BCUT2D eigenvalue weighted by Gasteiger charge is 2.19. The first-order valence-corrected chi connectivity index (χ1v) is 9.18. The van der Waals surface area contributed by atoms with Gasteiger partial charge in [-0.05, 0) is 40.2 Å². The fraction of sp³-hybridized carbons (Fsp3) is 0. The van der Waals surface area contributed by atoms with Crippen molar-refractivity contribution in [2.75, 3.05) is 5.32 Å². The number of non-ortho nitro benzene ring substituents is 1. The Labute approximate surface area is 173 Å². The summed E-state index contributed by atoms with van der Waals surface area (Å²) in [7, 11) is 0. The summed E-state index contributed by atoms with van der Waals surface area (Å²) in [5, 5.41) is 14.0. The van der Waals surface area contributed by atoms with E-state index in [0.717, 1.165) is 6.07 Å². The maximum Gasteiger partial charge on any atom is 0.270 e. The molecule has 140 valence electrons. The van der Waals surface area contributed by atoms with Gasteiger partial charge in [0.05, 0.1) is 16.2 Å². The van der Waals surface area contributed by atoms with E-state index in [1.165, 1.54) is 24.3 Å². The number of nitro benzene ring substituents is 1. The number of carbonyl (C=O) groups excluding carboxylic acids is 2. The summed E-state index contributed by atoms with van der Waals surface area (Å²) < 4.78 is 0.389. The van der Waals surface area contributed by atoms with Crippen molar-refractivity contribution in [1.29, 1.82) is 0 Å². The van der Waals surface area contributed by atoms with Gasteiger partial charge in [-0.15, -0.1) is 0 Å². The van der Waals surface area contributed by atoms with Crippen molar-refractivity contribution in [3.8, 4) is 0 Å². The highest BCUT2D eigenvalue weighted by Crippen LogP contribution is 2.27. The fourth-order valence-electron chi connectivity index (χ4n) is 2.55. The largest absolute Gasteiger partial charge is 0.321 e. The van der Waals surface area contributed by atoms with Crippen molar-refractivity contribution in [2.24, 2.45) is 0 Å². The van der Waals surface area contributed by atoms with Gasteiger partial charge in [0, 0.05) is 32.8 Å². The topological polar surface area (TPSA) is 89.3 Å². The molecule has 1 N–H and O–H groups in total. The lowest BCUT2D eigenvalue weighted by molar-refractivity contribution is -0.384. The van der Waals surface area contributed by atoms with Crippen molar-refractivity contribution in [1.82, 2.24) is 0 Å². The predicted octanol–water partition coefficient (Wildman–Crippen LogP) is 5.49.